The highest BCUT2D eigenvalue weighted by atomic mass is 32.2. The number of aromatic nitrogens is 6. The van der Waals surface area contributed by atoms with Crippen molar-refractivity contribution in [3.05, 3.63) is 66.1 Å². The number of aliphatic hydroxyl groups is 1. The Morgan fingerprint density at radius 2 is 1.97 bits per heavy atom. The molecule has 0 amide bonds. The van der Waals surface area contributed by atoms with Gasteiger partial charge in [-0.2, -0.15) is 10.2 Å². The molecule has 0 aliphatic carbocycles. The lowest BCUT2D eigenvalue weighted by Crippen LogP contribution is -2.17. The average Bonchev–Trinajstić information content (AvgIpc) is 3.32. The first-order chi connectivity index (χ1) is 15.8. The first-order valence-corrected chi connectivity index (χ1v) is 11.5. The van der Waals surface area contributed by atoms with Crippen molar-refractivity contribution in [3.8, 4) is 11.4 Å². The van der Waals surface area contributed by atoms with E-state index in [0.717, 1.165) is 24.0 Å². The van der Waals surface area contributed by atoms with E-state index in [9.17, 15) is 17.9 Å². The van der Waals surface area contributed by atoms with Gasteiger partial charge in [-0.05, 0) is 29.0 Å². The summed E-state index contributed by atoms with van der Waals surface area (Å²) in [5.74, 6) is -0.267. The number of hydrogen-bond donors (Lipinski definition) is 4. The van der Waals surface area contributed by atoms with Gasteiger partial charge >= 0.3 is 0 Å². The maximum atomic E-state index is 14.3. The van der Waals surface area contributed by atoms with Crippen LogP contribution < -0.4 is 10.6 Å². The van der Waals surface area contributed by atoms with E-state index >= 15 is 0 Å². The predicted octanol–water partition coefficient (Wildman–Crippen LogP) is 2.09. The molecule has 4 N–H and O–H groups in total. The highest BCUT2D eigenvalue weighted by Crippen LogP contribution is 2.28. The van der Waals surface area contributed by atoms with E-state index in [4.69, 9.17) is 0 Å². The molecule has 0 fully saturated rings. The van der Waals surface area contributed by atoms with Gasteiger partial charge in [0.15, 0.2) is 9.84 Å². The van der Waals surface area contributed by atoms with Crippen LogP contribution in [0.3, 0.4) is 0 Å². The number of tetrazole rings is 1. The summed E-state index contributed by atoms with van der Waals surface area (Å²) >= 11 is 0. The van der Waals surface area contributed by atoms with Crippen molar-refractivity contribution in [3.63, 3.8) is 0 Å². The minimum Gasteiger partial charge on any atom is -0.394 e. The Bertz CT molecular complexity index is 1350. The molecule has 4 rings (SSSR count). The standard InChI is InChI=1S/C20H19FN8O3S/c1-33(31,32)17-8-7-13(9-15(17)21)23-20-22-10-14(19-26-28-29-27-19)18(25-20)24-16(11-30)12-5-3-2-4-6-12/h2-10,16,30H,11H2,1H3,(H2,22,23,24,25)(H,26,27,28,29)/t16-/m1/s1. The van der Waals surface area contributed by atoms with Gasteiger partial charge in [0.2, 0.25) is 11.8 Å². The van der Waals surface area contributed by atoms with E-state index in [-0.39, 0.29) is 24.1 Å². The summed E-state index contributed by atoms with van der Waals surface area (Å²) in [6.45, 7) is -0.222. The van der Waals surface area contributed by atoms with Crippen LogP contribution in [-0.4, -0.2) is 57.0 Å². The molecule has 1 atom stereocenters. The topological polar surface area (TPSA) is 159 Å². The van der Waals surface area contributed by atoms with Crippen molar-refractivity contribution in [2.75, 3.05) is 23.5 Å². The third-order valence-corrected chi connectivity index (χ3v) is 5.79. The highest BCUT2D eigenvalue weighted by molar-refractivity contribution is 7.90. The fourth-order valence-electron chi connectivity index (χ4n) is 3.08. The SMILES string of the molecule is CS(=O)(=O)c1ccc(Nc2ncc(-c3nn[nH]n3)c(N[C@H](CO)c3ccccc3)n2)cc1F. The van der Waals surface area contributed by atoms with Crippen LogP contribution in [0.2, 0.25) is 0 Å². The zero-order valence-electron chi connectivity index (χ0n) is 17.3. The van der Waals surface area contributed by atoms with Crippen LogP contribution in [0.5, 0.6) is 0 Å². The second-order valence-corrected chi connectivity index (χ2v) is 9.01. The summed E-state index contributed by atoms with van der Waals surface area (Å²) in [5.41, 5.74) is 1.49. The molecule has 2 aromatic carbocycles. The molecule has 0 spiro atoms. The summed E-state index contributed by atoms with van der Waals surface area (Å²) in [6.07, 6.45) is 2.38. The number of nitrogens with zero attached hydrogens (tertiary/aromatic N) is 5. The Hall–Kier alpha value is -3.97. The average molecular weight is 470 g/mol. The van der Waals surface area contributed by atoms with E-state index in [2.05, 4.69) is 41.2 Å². The summed E-state index contributed by atoms with van der Waals surface area (Å²) in [5, 5.41) is 29.7. The first kappa shape index (κ1) is 22.2. The van der Waals surface area contributed by atoms with Gasteiger partial charge in [-0.25, -0.2) is 17.8 Å². The molecule has 0 aliphatic rings. The summed E-state index contributed by atoms with van der Waals surface area (Å²) in [6, 6.07) is 12.4. The largest absolute Gasteiger partial charge is 0.394 e. The minimum atomic E-state index is -3.69. The molecule has 0 radical (unpaired) electrons. The maximum Gasteiger partial charge on any atom is 0.229 e. The molecular weight excluding hydrogens is 451 g/mol. The van der Waals surface area contributed by atoms with E-state index in [1.807, 2.05) is 30.3 Å². The monoisotopic (exact) mass is 470 g/mol. The number of H-pyrrole nitrogens is 1. The number of hydrogen-bond acceptors (Lipinski definition) is 10. The van der Waals surface area contributed by atoms with Gasteiger partial charge in [0.05, 0.1) is 18.2 Å². The van der Waals surface area contributed by atoms with Crippen molar-refractivity contribution in [2.45, 2.75) is 10.9 Å². The Balaban J connectivity index is 1.67. The molecule has 11 nitrogen and oxygen atoms in total. The van der Waals surface area contributed by atoms with E-state index in [0.29, 0.717) is 11.4 Å². The number of anilines is 3. The molecule has 0 bridgehead atoms. The molecule has 2 aromatic heterocycles. The summed E-state index contributed by atoms with van der Waals surface area (Å²) in [4.78, 5) is 8.24. The molecule has 4 aromatic rings. The van der Waals surface area contributed by atoms with Crippen LogP contribution in [-0.2, 0) is 9.84 Å². The van der Waals surface area contributed by atoms with Gasteiger partial charge in [0.1, 0.15) is 16.5 Å². The fraction of sp³-hybridized carbons (Fsp3) is 0.150. The van der Waals surface area contributed by atoms with Gasteiger partial charge in [-0.15, -0.1) is 10.2 Å². The molecule has 13 heteroatoms. The number of sulfone groups is 1. The van der Waals surface area contributed by atoms with E-state index in [1.54, 1.807) is 0 Å². The number of aliphatic hydroxyl groups excluding tert-OH is 1. The number of benzene rings is 2. The third kappa shape index (κ3) is 5.10. The first-order valence-electron chi connectivity index (χ1n) is 9.65. The van der Waals surface area contributed by atoms with Gasteiger partial charge < -0.3 is 15.7 Å². The molecule has 0 saturated carbocycles. The molecular formula is C20H19FN8O3S. The molecule has 0 saturated heterocycles. The lowest BCUT2D eigenvalue weighted by Gasteiger charge is -2.19. The number of aromatic amines is 1. The van der Waals surface area contributed by atoms with Crippen LogP contribution in [0.4, 0.5) is 21.8 Å². The molecule has 33 heavy (non-hydrogen) atoms. The molecule has 0 unspecified atom stereocenters. The summed E-state index contributed by atoms with van der Waals surface area (Å²) in [7, 11) is -3.69. The fourth-order valence-corrected chi connectivity index (χ4v) is 3.81. The zero-order chi connectivity index (χ0) is 23.4. The lowest BCUT2D eigenvalue weighted by atomic mass is 10.1. The molecule has 170 valence electrons. The lowest BCUT2D eigenvalue weighted by molar-refractivity contribution is 0.276. The quantitative estimate of drug-likeness (QED) is 0.300. The van der Waals surface area contributed by atoms with Crippen molar-refractivity contribution in [1.82, 2.24) is 30.6 Å². The third-order valence-electron chi connectivity index (χ3n) is 4.66. The molecule has 2 heterocycles. The number of nitrogens with one attached hydrogen (secondary N) is 3. The van der Waals surface area contributed by atoms with Crippen molar-refractivity contribution in [2.24, 2.45) is 0 Å². The van der Waals surface area contributed by atoms with Crippen LogP contribution in [0.25, 0.3) is 11.4 Å². The van der Waals surface area contributed by atoms with Crippen molar-refractivity contribution >= 4 is 27.3 Å². The van der Waals surface area contributed by atoms with Crippen LogP contribution in [0.1, 0.15) is 11.6 Å². The normalized spacial score (nSPS) is 12.3. The Morgan fingerprint density at radius 1 is 1.18 bits per heavy atom. The summed E-state index contributed by atoms with van der Waals surface area (Å²) < 4.78 is 37.5. The minimum absolute atomic E-state index is 0.0981. The smallest absolute Gasteiger partial charge is 0.229 e. The number of halogens is 1. The Morgan fingerprint density at radius 3 is 2.61 bits per heavy atom. The Kier molecular flexibility index (Phi) is 6.24. The van der Waals surface area contributed by atoms with Gasteiger partial charge in [-0.3, -0.25) is 0 Å². The molecule has 0 aliphatic heterocycles. The van der Waals surface area contributed by atoms with Crippen LogP contribution in [0, 0.1) is 5.82 Å². The van der Waals surface area contributed by atoms with Crippen molar-refractivity contribution in [1.29, 1.82) is 0 Å². The van der Waals surface area contributed by atoms with Crippen LogP contribution in [0.15, 0.2) is 59.6 Å². The second-order valence-electron chi connectivity index (χ2n) is 7.02. The maximum absolute atomic E-state index is 14.3. The van der Waals surface area contributed by atoms with Gasteiger partial charge in [0, 0.05) is 18.1 Å². The second kappa shape index (κ2) is 9.26. The Labute approximate surface area is 188 Å². The van der Waals surface area contributed by atoms with Crippen LogP contribution >= 0.6 is 0 Å². The predicted molar refractivity (Wildman–Crippen MR) is 118 cm³/mol. The van der Waals surface area contributed by atoms with E-state index < -0.39 is 26.6 Å². The van der Waals surface area contributed by atoms with Crippen molar-refractivity contribution < 1.29 is 17.9 Å². The number of rotatable bonds is 8. The zero-order valence-corrected chi connectivity index (χ0v) is 18.1. The van der Waals surface area contributed by atoms with E-state index in [1.165, 1.54) is 12.3 Å². The van der Waals surface area contributed by atoms with Gasteiger partial charge in [0.25, 0.3) is 0 Å². The van der Waals surface area contributed by atoms with Gasteiger partial charge in [-0.1, -0.05) is 30.3 Å². The highest BCUT2D eigenvalue weighted by Gasteiger charge is 2.19.